The number of aryl methyl sites for hydroxylation is 2. The summed E-state index contributed by atoms with van der Waals surface area (Å²) >= 11 is 1.57. The minimum atomic E-state index is -0.946. The lowest BCUT2D eigenvalue weighted by atomic mass is 9.85. The van der Waals surface area contributed by atoms with Crippen LogP contribution in [0.25, 0.3) is 21.8 Å². The Balaban J connectivity index is 0.773. The number of carbonyl (C=O) groups excluding carboxylic acids is 5. The van der Waals surface area contributed by atoms with Gasteiger partial charge in [-0.25, -0.2) is 15.0 Å². The summed E-state index contributed by atoms with van der Waals surface area (Å²) in [5, 5.41) is 38.5. The van der Waals surface area contributed by atoms with E-state index in [1.807, 2.05) is 87.5 Å². The fourth-order valence-corrected chi connectivity index (χ4v) is 10.4. The summed E-state index contributed by atoms with van der Waals surface area (Å²) < 4.78 is 7.35. The fraction of sp³-hybridized carbons (Fsp3) is 0.421. The van der Waals surface area contributed by atoms with Crippen molar-refractivity contribution >= 4 is 63.9 Å². The van der Waals surface area contributed by atoms with Gasteiger partial charge in [-0.1, -0.05) is 62.9 Å². The zero-order valence-electron chi connectivity index (χ0n) is 45.8. The number of unbranched alkanes of at least 4 members (excludes halogenated alkanes) is 1. The van der Waals surface area contributed by atoms with Crippen LogP contribution in [0, 0.1) is 30.1 Å². The van der Waals surface area contributed by atoms with Crippen LogP contribution in [-0.4, -0.2) is 131 Å². The molecule has 8 rings (SSSR count). The number of nitrogens with zero attached hydrogens (tertiary/aromatic N) is 9. The number of anilines is 4. The molecular weight excluding hydrogens is 1020 g/mol. The molecule has 0 spiro atoms. The largest absolute Gasteiger partial charge is 0.494 e. The lowest BCUT2D eigenvalue weighted by Crippen LogP contribution is -2.57. The molecule has 6 aromatic rings. The Morgan fingerprint density at radius 2 is 1.67 bits per heavy atom. The van der Waals surface area contributed by atoms with Crippen molar-refractivity contribution < 1.29 is 33.8 Å². The number of aliphatic hydroxyl groups excluding tert-OH is 1. The number of amides is 5. The van der Waals surface area contributed by atoms with Crippen LogP contribution in [0.2, 0.25) is 0 Å². The van der Waals surface area contributed by atoms with Gasteiger partial charge in [0.25, 0.3) is 5.91 Å². The van der Waals surface area contributed by atoms with Crippen molar-refractivity contribution in [3.8, 4) is 39.4 Å². The molecule has 2 aliphatic rings. The topological polar surface area (TPSA) is 264 Å². The Kier molecular flexibility index (Phi) is 18.3. The van der Waals surface area contributed by atoms with Gasteiger partial charge in [0.2, 0.25) is 23.6 Å². The molecule has 0 saturated carbocycles. The summed E-state index contributed by atoms with van der Waals surface area (Å²) in [6.07, 6.45) is 5.29. The molecule has 2 fully saturated rings. The van der Waals surface area contributed by atoms with Crippen molar-refractivity contribution in [2.75, 3.05) is 44.4 Å². The molecule has 0 unspecified atom stereocenters. The van der Waals surface area contributed by atoms with E-state index >= 15 is 0 Å². The predicted molar refractivity (Wildman–Crippen MR) is 300 cm³/mol. The number of benzene rings is 2. The third-order valence-electron chi connectivity index (χ3n) is 14.0. The molecule has 0 bridgehead atoms. The first-order chi connectivity index (χ1) is 37.9. The molecule has 2 aliphatic heterocycles. The minimum absolute atomic E-state index is 0.0217. The van der Waals surface area contributed by atoms with Crippen molar-refractivity contribution in [3.05, 3.63) is 101 Å². The first-order valence-corrected chi connectivity index (χ1v) is 27.3. The van der Waals surface area contributed by atoms with Crippen LogP contribution in [0.5, 0.6) is 5.75 Å². The predicted octanol–water partition coefficient (Wildman–Crippen LogP) is 6.48. The van der Waals surface area contributed by atoms with Crippen LogP contribution >= 0.6 is 11.3 Å². The first-order valence-electron chi connectivity index (χ1n) is 26.4. The smallest absolute Gasteiger partial charge is 0.273 e. The van der Waals surface area contributed by atoms with Crippen LogP contribution in [0.4, 0.5) is 23.0 Å². The van der Waals surface area contributed by atoms with Gasteiger partial charge in [0, 0.05) is 76.7 Å². The van der Waals surface area contributed by atoms with E-state index in [4.69, 9.17) is 4.74 Å². The number of β-amino-alcohol motifs (C(OH)–C–C–N with tert-alkyl or cyclic N) is 1. The van der Waals surface area contributed by atoms with E-state index in [1.54, 1.807) is 60.9 Å². The average molecular weight is 1090 g/mol. The number of likely N-dealkylation sites (tertiary alicyclic amines) is 2. The second-order valence-electron chi connectivity index (χ2n) is 20.9. The molecule has 6 heterocycles. The molecule has 21 nitrogen and oxygen atoms in total. The highest BCUT2D eigenvalue weighted by Gasteiger charge is 2.45. The molecule has 22 heteroatoms. The lowest BCUT2D eigenvalue weighted by molar-refractivity contribution is -0.144. The van der Waals surface area contributed by atoms with Crippen LogP contribution in [-0.2, 0) is 26.2 Å². The van der Waals surface area contributed by atoms with Gasteiger partial charge in [-0.2, -0.15) is 5.10 Å². The molecule has 4 aromatic heterocycles. The normalized spacial score (nSPS) is 16.3. The SMILES string of the molecule is CNC(=O)c1nnc(Nc2ccc(C#CC3CCN(C(=O)CCCCC(=O)N[C@H](C(=O)N4C[C@H](O)C[C@H]4C(=O)N[C@@H](C)c4ccc(-c5scnc5C)cc4)C(C)(C)C)CC3)cn2)cc1Nc1cccc(-c2ncn(C)n2)c1OC. The van der Waals surface area contributed by atoms with E-state index in [9.17, 15) is 29.1 Å². The number of para-hydroxylation sites is 1. The number of carbonyl (C=O) groups is 5. The monoisotopic (exact) mass is 1090 g/mol. The second-order valence-corrected chi connectivity index (χ2v) is 21.7. The van der Waals surface area contributed by atoms with Crippen LogP contribution in [0.3, 0.4) is 0 Å². The van der Waals surface area contributed by atoms with E-state index in [0.717, 1.165) is 40.1 Å². The molecule has 0 aliphatic carbocycles. The maximum atomic E-state index is 14.2. The average Bonchev–Trinajstić information content (AvgIpc) is 4.36. The number of methoxy groups -OCH3 is 1. The first kappa shape index (κ1) is 56.9. The summed E-state index contributed by atoms with van der Waals surface area (Å²) in [7, 11) is 4.83. The zero-order chi connectivity index (χ0) is 56.4. The van der Waals surface area contributed by atoms with Gasteiger partial charge in [-0.05, 0) is 80.3 Å². The van der Waals surface area contributed by atoms with Crippen molar-refractivity contribution in [2.24, 2.45) is 18.4 Å². The van der Waals surface area contributed by atoms with E-state index in [-0.39, 0.29) is 54.8 Å². The number of pyridine rings is 1. The third kappa shape index (κ3) is 14.3. The number of hydrogen-bond donors (Lipinski definition) is 6. The molecule has 0 radical (unpaired) electrons. The van der Waals surface area contributed by atoms with Crippen LogP contribution in [0.1, 0.15) is 106 Å². The summed E-state index contributed by atoms with van der Waals surface area (Å²) in [6.45, 7) is 10.5. The standard InChI is InChI=1S/C57H68N14O7S/c1-34(38-19-21-39(22-20-38)51-35(2)61-33-79-51)62-54(75)44-28-40(72)31-71(44)56(77)52(57(3,4)5)65-47(73)14-9-10-15-48(74)70-26-24-36(25-27-70)16-17-37-18-23-45(59-30-37)64-46-29-43(49(67-66-46)55(76)58-6)63-42-13-11-12-41(50(42)78-8)53-60-32-69(7)68-53/h11-13,18-23,29-30,32-34,36,40,44,52,72H,9-10,14-15,24-28,31H2,1-8H3,(H,58,76)(H,62,75)(H,65,73)(H2,59,63,64,66)/t34-,40+,44-,52+/m0/s1. The van der Waals surface area contributed by atoms with Gasteiger partial charge in [0.1, 0.15) is 24.2 Å². The number of nitrogens with one attached hydrogen (secondary N) is 5. The van der Waals surface area contributed by atoms with E-state index in [0.29, 0.717) is 72.5 Å². The highest BCUT2D eigenvalue weighted by Crippen LogP contribution is 2.38. The number of piperidine rings is 1. The van der Waals surface area contributed by atoms with Gasteiger partial charge in [-0.3, -0.25) is 28.7 Å². The van der Waals surface area contributed by atoms with Gasteiger partial charge in [0.15, 0.2) is 23.1 Å². The van der Waals surface area contributed by atoms with Crippen molar-refractivity contribution in [1.29, 1.82) is 0 Å². The van der Waals surface area contributed by atoms with Gasteiger partial charge in [0.05, 0.1) is 52.3 Å². The molecule has 5 amide bonds. The number of hydrogen-bond acceptors (Lipinski definition) is 16. The highest BCUT2D eigenvalue weighted by atomic mass is 32.1. The molecule has 2 saturated heterocycles. The maximum Gasteiger partial charge on any atom is 0.273 e. The second kappa shape index (κ2) is 25.5. The molecule has 414 valence electrons. The maximum absolute atomic E-state index is 14.2. The van der Waals surface area contributed by atoms with Crippen LogP contribution in [0.15, 0.2) is 78.7 Å². The molecular formula is C57H68N14O7S. The molecule has 6 N–H and O–H groups in total. The molecule has 4 atom stereocenters. The molecule has 79 heavy (non-hydrogen) atoms. The Morgan fingerprint density at radius 1 is 0.911 bits per heavy atom. The summed E-state index contributed by atoms with van der Waals surface area (Å²) in [5.41, 5.74) is 6.37. The number of rotatable bonds is 18. The van der Waals surface area contributed by atoms with E-state index in [2.05, 4.69) is 68.7 Å². The Morgan fingerprint density at radius 3 is 2.33 bits per heavy atom. The van der Waals surface area contributed by atoms with Gasteiger partial charge >= 0.3 is 0 Å². The Bertz CT molecular complexity index is 3210. The third-order valence-corrected chi connectivity index (χ3v) is 14.9. The summed E-state index contributed by atoms with van der Waals surface area (Å²) in [5.74, 6) is 6.91. The minimum Gasteiger partial charge on any atom is -0.494 e. The number of thiazole rings is 1. The quantitative estimate of drug-likeness (QED) is 0.0398. The van der Waals surface area contributed by atoms with Gasteiger partial charge < -0.3 is 46.2 Å². The highest BCUT2D eigenvalue weighted by molar-refractivity contribution is 7.13. The Hall–Kier alpha value is -8.29. The number of ether oxygens (including phenoxy) is 1. The van der Waals surface area contributed by atoms with Gasteiger partial charge in [-0.15, -0.1) is 21.5 Å². The van der Waals surface area contributed by atoms with E-state index < -0.39 is 35.4 Å². The fourth-order valence-electron chi connectivity index (χ4n) is 9.57. The van der Waals surface area contributed by atoms with Crippen molar-refractivity contribution in [3.63, 3.8) is 0 Å². The number of aromatic nitrogens is 7. The lowest BCUT2D eigenvalue weighted by Gasteiger charge is -2.35. The zero-order valence-corrected chi connectivity index (χ0v) is 46.6. The summed E-state index contributed by atoms with van der Waals surface area (Å²) in [6, 6.07) is 16.5. The number of aliphatic hydroxyl groups is 1. The molecule has 2 aromatic carbocycles. The summed E-state index contributed by atoms with van der Waals surface area (Å²) in [4.78, 5) is 84.9. The van der Waals surface area contributed by atoms with Crippen molar-refractivity contribution in [2.45, 2.75) is 104 Å². The van der Waals surface area contributed by atoms with Crippen LogP contribution < -0.4 is 31.3 Å². The van der Waals surface area contributed by atoms with Crippen molar-refractivity contribution in [1.82, 2.24) is 60.7 Å². The Labute approximate surface area is 463 Å². The van der Waals surface area contributed by atoms with E-state index in [1.165, 1.54) is 11.9 Å².